The van der Waals surface area contributed by atoms with Crippen molar-refractivity contribution in [2.24, 2.45) is 0 Å². The number of hydrogen-bond donors (Lipinski definition) is 2. The summed E-state index contributed by atoms with van der Waals surface area (Å²) in [6, 6.07) is 15.3. The lowest BCUT2D eigenvalue weighted by molar-refractivity contribution is 0.242. The Kier molecular flexibility index (Phi) is 5.80. The highest BCUT2D eigenvalue weighted by atomic mass is 32.1. The van der Waals surface area contributed by atoms with E-state index in [4.69, 9.17) is 15.5 Å². The highest BCUT2D eigenvalue weighted by Crippen LogP contribution is 2.45. The molecule has 5 rings (SSSR count). The van der Waals surface area contributed by atoms with Crippen LogP contribution < -0.4 is 15.8 Å². The van der Waals surface area contributed by atoms with Gasteiger partial charge in [0.2, 0.25) is 0 Å². The number of thiazole rings is 1. The summed E-state index contributed by atoms with van der Waals surface area (Å²) in [7, 11) is 0. The van der Waals surface area contributed by atoms with Gasteiger partial charge in [0.05, 0.1) is 28.7 Å². The largest absolute Gasteiger partial charge is 0.491 e. The number of fused-ring (bicyclic) bond motifs is 1. The van der Waals surface area contributed by atoms with Crippen molar-refractivity contribution in [3.8, 4) is 17.0 Å². The Morgan fingerprint density at radius 2 is 1.85 bits per heavy atom. The molecule has 0 atom stereocenters. The third-order valence-corrected chi connectivity index (χ3v) is 7.27. The van der Waals surface area contributed by atoms with Crippen molar-refractivity contribution in [3.63, 3.8) is 0 Å². The van der Waals surface area contributed by atoms with Crippen LogP contribution in [-0.4, -0.2) is 15.7 Å². The first-order valence-electron chi connectivity index (χ1n) is 12.1. The zero-order chi connectivity index (χ0) is 24.0. The van der Waals surface area contributed by atoms with Crippen molar-refractivity contribution in [1.82, 2.24) is 9.55 Å². The van der Waals surface area contributed by atoms with Crippen molar-refractivity contribution >= 4 is 38.7 Å². The summed E-state index contributed by atoms with van der Waals surface area (Å²) >= 11 is 1.64. The third kappa shape index (κ3) is 4.27. The fourth-order valence-corrected chi connectivity index (χ4v) is 5.45. The minimum Gasteiger partial charge on any atom is -0.491 e. The molecule has 1 fully saturated rings. The maximum absolute atomic E-state index is 6.76. The number of rotatable bonds is 6. The van der Waals surface area contributed by atoms with E-state index in [9.17, 15) is 0 Å². The van der Waals surface area contributed by atoms with Crippen LogP contribution in [0.5, 0.6) is 5.75 Å². The van der Waals surface area contributed by atoms with Crippen LogP contribution in [0, 0.1) is 0 Å². The van der Waals surface area contributed by atoms with Crippen LogP contribution in [0.4, 0.5) is 16.5 Å². The van der Waals surface area contributed by atoms with Gasteiger partial charge in [-0.2, -0.15) is 0 Å². The molecule has 0 bridgehead atoms. The first-order valence-corrected chi connectivity index (χ1v) is 13.0. The molecule has 5 nitrogen and oxygen atoms in total. The molecule has 0 unspecified atom stereocenters. The third-order valence-electron chi connectivity index (χ3n) is 6.51. The normalized spacial score (nSPS) is 14.5. The number of nitrogens with zero attached hydrogens (tertiary/aromatic N) is 2. The molecule has 3 N–H and O–H groups in total. The van der Waals surface area contributed by atoms with Crippen LogP contribution >= 0.6 is 11.3 Å². The van der Waals surface area contributed by atoms with E-state index in [1.807, 2.05) is 6.07 Å². The molecule has 1 aliphatic carbocycles. The van der Waals surface area contributed by atoms with E-state index in [-0.39, 0.29) is 11.5 Å². The Hall–Kier alpha value is -2.99. The van der Waals surface area contributed by atoms with Gasteiger partial charge in [0, 0.05) is 39.5 Å². The summed E-state index contributed by atoms with van der Waals surface area (Å²) in [5.41, 5.74) is 13.2. The van der Waals surface area contributed by atoms with Crippen molar-refractivity contribution in [3.05, 3.63) is 53.5 Å². The summed E-state index contributed by atoms with van der Waals surface area (Å²) in [5.74, 6) is 0.893. The average molecular weight is 475 g/mol. The molecule has 34 heavy (non-hydrogen) atoms. The summed E-state index contributed by atoms with van der Waals surface area (Å²) in [5, 5.41) is 7.60. The van der Waals surface area contributed by atoms with E-state index in [2.05, 4.69) is 86.3 Å². The van der Waals surface area contributed by atoms with E-state index in [0.717, 1.165) is 50.1 Å². The Morgan fingerprint density at radius 1 is 1.12 bits per heavy atom. The smallest absolute Gasteiger partial charge is 0.187 e. The minimum absolute atomic E-state index is 0.0484. The fraction of sp³-hybridized carbons (Fsp3) is 0.393. The van der Waals surface area contributed by atoms with Gasteiger partial charge in [0.25, 0.3) is 0 Å². The van der Waals surface area contributed by atoms with Gasteiger partial charge in [-0.15, -0.1) is 11.3 Å². The maximum atomic E-state index is 6.76. The molecular weight excluding hydrogens is 440 g/mol. The molecule has 1 saturated carbocycles. The van der Waals surface area contributed by atoms with Crippen molar-refractivity contribution in [1.29, 1.82) is 0 Å². The molecule has 0 radical (unpaired) electrons. The lowest BCUT2D eigenvalue weighted by Crippen LogP contribution is -2.18. The summed E-state index contributed by atoms with van der Waals surface area (Å²) in [6.07, 6.45) is 3.77. The monoisotopic (exact) mass is 474 g/mol. The van der Waals surface area contributed by atoms with Crippen LogP contribution in [-0.2, 0) is 5.41 Å². The predicted molar refractivity (Wildman–Crippen MR) is 145 cm³/mol. The van der Waals surface area contributed by atoms with Gasteiger partial charge in [-0.1, -0.05) is 32.9 Å². The molecule has 178 valence electrons. The Bertz CT molecular complexity index is 1310. The first-order chi connectivity index (χ1) is 16.2. The molecule has 2 heterocycles. The number of nitrogen functional groups attached to an aromatic ring is 1. The second-order valence-electron chi connectivity index (χ2n) is 10.6. The Balaban J connectivity index is 1.49. The predicted octanol–water partition coefficient (Wildman–Crippen LogP) is 7.90. The van der Waals surface area contributed by atoms with E-state index in [1.54, 1.807) is 11.3 Å². The molecule has 4 aromatic rings. The highest BCUT2D eigenvalue weighted by molar-refractivity contribution is 7.13. The molecular formula is C28H34N4OS. The Labute approximate surface area is 206 Å². The molecule has 0 saturated heterocycles. The van der Waals surface area contributed by atoms with Crippen LogP contribution in [0.25, 0.3) is 22.2 Å². The molecule has 1 aliphatic rings. The standard InChI is InChI=1S/C28H34N4OS/c1-17(2)33-21-13-14-22-23(15-21)32(20-7-6-8-20)26(25(22)29)18-9-11-19(12-10-18)30-27-31-24(16-34-27)28(3,4)5/h9-17,20H,6-8,29H2,1-5H3,(H,30,31). The van der Waals surface area contributed by atoms with Gasteiger partial charge in [0.15, 0.2) is 5.13 Å². The number of nitrogens with one attached hydrogen (secondary N) is 1. The lowest BCUT2D eigenvalue weighted by atomic mass is 9.92. The topological polar surface area (TPSA) is 65.1 Å². The maximum Gasteiger partial charge on any atom is 0.187 e. The number of anilines is 3. The molecule has 2 aromatic carbocycles. The lowest BCUT2D eigenvalue weighted by Gasteiger charge is -2.30. The number of hydrogen-bond acceptors (Lipinski definition) is 5. The van der Waals surface area contributed by atoms with Gasteiger partial charge < -0.3 is 20.4 Å². The molecule has 2 aromatic heterocycles. The highest BCUT2D eigenvalue weighted by Gasteiger charge is 2.27. The van der Waals surface area contributed by atoms with Crippen LogP contribution in [0.3, 0.4) is 0 Å². The summed E-state index contributed by atoms with van der Waals surface area (Å²) < 4.78 is 8.44. The van der Waals surface area contributed by atoms with Crippen molar-refractivity contribution in [2.45, 2.75) is 71.4 Å². The fourth-order valence-electron chi connectivity index (χ4n) is 4.49. The molecule has 0 amide bonds. The molecule has 0 spiro atoms. The zero-order valence-electron chi connectivity index (χ0n) is 20.7. The van der Waals surface area contributed by atoms with Crippen molar-refractivity contribution in [2.75, 3.05) is 11.1 Å². The van der Waals surface area contributed by atoms with Crippen LogP contribution in [0.1, 0.15) is 65.6 Å². The van der Waals surface area contributed by atoms with E-state index in [0.29, 0.717) is 6.04 Å². The van der Waals surface area contributed by atoms with E-state index in [1.165, 1.54) is 19.3 Å². The van der Waals surface area contributed by atoms with Crippen molar-refractivity contribution < 1.29 is 4.74 Å². The SMILES string of the molecule is CC(C)Oc1ccc2c(N)c(-c3ccc(Nc4nc(C(C)(C)C)cs4)cc3)n(C3CCC3)c2c1. The molecule has 0 aliphatic heterocycles. The van der Waals surface area contributed by atoms with Crippen LogP contribution in [0.2, 0.25) is 0 Å². The van der Waals surface area contributed by atoms with Gasteiger partial charge in [-0.3, -0.25) is 0 Å². The Morgan fingerprint density at radius 3 is 2.44 bits per heavy atom. The second-order valence-corrected chi connectivity index (χ2v) is 11.4. The van der Waals surface area contributed by atoms with Gasteiger partial charge in [-0.25, -0.2) is 4.98 Å². The first kappa shape index (κ1) is 22.8. The second kappa shape index (κ2) is 8.66. The van der Waals surface area contributed by atoms with Gasteiger partial charge in [0.1, 0.15) is 5.75 Å². The van der Waals surface area contributed by atoms with Gasteiger partial charge in [-0.05, 0) is 57.4 Å². The van der Waals surface area contributed by atoms with Gasteiger partial charge >= 0.3 is 0 Å². The minimum atomic E-state index is 0.0484. The number of aromatic nitrogens is 2. The summed E-state index contributed by atoms with van der Waals surface area (Å²) in [6.45, 7) is 10.7. The summed E-state index contributed by atoms with van der Waals surface area (Å²) in [4.78, 5) is 4.76. The number of benzene rings is 2. The number of nitrogens with two attached hydrogens (primary N) is 1. The quantitative estimate of drug-likeness (QED) is 0.298. The number of ether oxygens (including phenoxy) is 1. The zero-order valence-corrected chi connectivity index (χ0v) is 21.5. The molecule has 6 heteroatoms. The van der Waals surface area contributed by atoms with Crippen LogP contribution in [0.15, 0.2) is 47.8 Å². The average Bonchev–Trinajstić information content (AvgIpc) is 3.31. The van der Waals surface area contributed by atoms with E-state index < -0.39 is 0 Å². The van der Waals surface area contributed by atoms with E-state index >= 15 is 0 Å².